The van der Waals surface area contributed by atoms with Crippen molar-refractivity contribution in [2.24, 2.45) is 0 Å². The van der Waals surface area contributed by atoms with Crippen LogP contribution in [0.1, 0.15) is 24.9 Å². The molecule has 2 unspecified atom stereocenters. The summed E-state index contributed by atoms with van der Waals surface area (Å²) in [7, 11) is 0. The van der Waals surface area contributed by atoms with Crippen molar-refractivity contribution in [1.29, 1.82) is 0 Å². The van der Waals surface area contributed by atoms with Crippen molar-refractivity contribution in [3.63, 3.8) is 0 Å². The van der Waals surface area contributed by atoms with E-state index in [1.165, 1.54) is 0 Å². The third kappa shape index (κ3) is 2.69. The van der Waals surface area contributed by atoms with Crippen LogP contribution in [-0.4, -0.2) is 19.3 Å². The minimum absolute atomic E-state index is 0.192. The highest BCUT2D eigenvalue weighted by atomic mass is 35.5. The molecule has 2 rings (SSSR count). The molecule has 0 spiro atoms. The first-order valence-corrected chi connectivity index (χ1v) is 6.22. The van der Waals surface area contributed by atoms with Crippen molar-refractivity contribution in [1.82, 2.24) is 5.32 Å². The Hall–Kier alpha value is -0.280. The van der Waals surface area contributed by atoms with Gasteiger partial charge in [0.1, 0.15) is 0 Å². The van der Waals surface area contributed by atoms with Crippen LogP contribution < -0.4 is 5.32 Å². The van der Waals surface area contributed by atoms with Gasteiger partial charge in [0.15, 0.2) is 0 Å². The van der Waals surface area contributed by atoms with Crippen LogP contribution in [0, 0.1) is 0 Å². The topological polar surface area (TPSA) is 21.3 Å². The quantitative estimate of drug-likeness (QED) is 0.898. The van der Waals surface area contributed by atoms with Crippen LogP contribution in [0.2, 0.25) is 10.0 Å². The molecule has 0 aliphatic carbocycles. The average Bonchev–Trinajstić information content (AvgIpc) is 2.74. The van der Waals surface area contributed by atoms with Crippen LogP contribution in [0.5, 0.6) is 0 Å². The summed E-state index contributed by atoms with van der Waals surface area (Å²) in [6, 6.07) is 6.34. The fourth-order valence-corrected chi connectivity index (χ4v) is 2.44. The molecule has 0 bridgehead atoms. The maximum Gasteiger partial charge on any atom is 0.0639 e. The Kier molecular flexibility index (Phi) is 4.09. The fourth-order valence-electron chi connectivity index (χ4n) is 1.96. The third-order valence-corrected chi connectivity index (χ3v) is 3.70. The Labute approximate surface area is 106 Å². The third-order valence-electron chi connectivity index (χ3n) is 2.86. The molecule has 2 atom stereocenters. The number of ether oxygens (including phenoxy) is 1. The van der Waals surface area contributed by atoms with Crippen molar-refractivity contribution < 1.29 is 4.74 Å². The number of hydrogen-bond acceptors (Lipinski definition) is 2. The van der Waals surface area contributed by atoms with Gasteiger partial charge in [0.25, 0.3) is 0 Å². The van der Waals surface area contributed by atoms with E-state index in [-0.39, 0.29) is 6.04 Å². The first kappa shape index (κ1) is 12.2. The van der Waals surface area contributed by atoms with E-state index < -0.39 is 0 Å². The zero-order valence-electron chi connectivity index (χ0n) is 9.17. The predicted molar refractivity (Wildman–Crippen MR) is 67.2 cm³/mol. The maximum atomic E-state index is 6.17. The zero-order valence-corrected chi connectivity index (χ0v) is 10.7. The molecule has 1 heterocycles. The van der Waals surface area contributed by atoms with Crippen molar-refractivity contribution in [3.8, 4) is 0 Å². The van der Waals surface area contributed by atoms with Gasteiger partial charge >= 0.3 is 0 Å². The molecule has 4 heteroatoms. The first-order valence-electron chi connectivity index (χ1n) is 5.46. The SMILES string of the molecule is CC(NC1CCOC1)c1cccc(Cl)c1Cl. The van der Waals surface area contributed by atoms with Gasteiger partial charge in [-0.2, -0.15) is 0 Å². The molecule has 0 saturated carbocycles. The second kappa shape index (κ2) is 5.37. The van der Waals surface area contributed by atoms with Gasteiger partial charge in [0, 0.05) is 18.7 Å². The Morgan fingerprint density at radius 2 is 2.25 bits per heavy atom. The molecule has 0 aromatic heterocycles. The molecule has 0 amide bonds. The molecule has 0 radical (unpaired) electrons. The summed E-state index contributed by atoms with van der Waals surface area (Å²) in [5, 5.41) is 4.74. The summed E-state index contributed by atoms with van der Waals surface area (Å²) >= 11 is 12.2. The summed E-state index contributed by atoms with van der Waals surface area (Å²) < 4.78 is 5.33. The number of halogens is 2. The lowest BCUT2D eigenvalue weighted by Gasteiger charge is -2.20. The Morgan fingerprint density at radius 1 is 1.44 bits per heavy atom. The summed E-state index contributed by atoms with van der Waals surface area (Å²) in [5.74, 6) is 0. The number of hydrogen-bond donors (Lipinski definition) is 1. The molecule has 2 nitrogen and oxygen atoms in total. The van der Waals surface area contributed by atoms with E-state index >= 15 is 0 Å². The summed E-state index contributed by atoms with van der Waals surface area (Å²) in [4.78, 5) is 0. The van der Waals surface area contributed by atoms with Gasteiger partial charge in [0.2, 0.25) is 0 Å². The smallest absolute Gasteiger partial charge is 0.0639 e. The fraction of sp³-hybridized carbons (Fsp3) is 0.500. The van der Waals surface area contributed by atoms with Gasteiger partial charge in [-0.25, -0.2) is 0 Å². The van der Waals surface area contributed by atoms with E-state index in [2.05, 4.69) is 12.2 Å². The summed E-state index contributed by atoms with van der Waals surface area (Å²) in [6.45, 7) is 3.71. The van der Waals surface area contributed by atoms with Gasteiger partial charge < -0.3 is 10.1 Å². The van der Waals surface area contributed by atoms with Crippen molar-refractivity contribution in [3.05, 3.63) is 33.8 Å². The molecule has 1 aliphatic rings. The lowest BCUT2D eigenvalue weighted by molar-refractivity contribution is 0.188. The van der Waals surface area contributed by atoms with Crippen LogP contribution in [-0.2, 0) is 4.74 Å². The average molecular weight is 260 g/mol. The molecule has 1 saturated heterocycles. The first-order chi connectivity index (χ1) is 7.68. The lowest BCUT2D eigenvalue weighted by atomic mass is 10.1. The van der Waals surface area contributed by atoms with E-state index in [1.807, 2.05) is 12.1 Å². The Morgan fingerprint density at radius 3 is 2.94 bits per heavy atom. The normalized spacial score (nSPS) is 22.3. The van der Waals surface area contributed by atoms with Crippen LogP contribution in [0.15, 0.2) is 18.2 Å². The zero-order chi connectivity index (χ0) is 11.5. The highest BCUT2D eigenvalue weighted by Crippen LogP contribution is 2.30. The summed E-state index contributed by atoms with van der Waals surface area (Å²) in [5.41, 5.74) is 1.04. The van der Waals surface area contributed by atoms with Gasteiger partial charge in [0.05, 0.1) is 16.7 Å². The van der Waals surface area contributed by atoms with Gasteiger partial charge in [-0.1, -0.05) is 35.3 Å². The molecule has 1 aromatic rings. The molecule has 88 valence electrons. The van der Waals surface area contributed by atoms with E-state index in [4.69, 9.17) is 27.9 Å². The van der Waals surface area contributed by atoms with Gasteiger partial charge in [-0.15, -0.1) is 0 Å². The van der Waals surface area contributed by atoms with E-state index in [0.717, 1.165) is 25.2 Å². The molecule has 1 aromatic carbocycles. The van der Waals surface area contributed by atoms with Crippen LogP contribution >= 0.6 is 23.2 Å². The second-order valence-corrected chi connectivity index (χ2v) is 4.88. The lowest BCUT2D eigenvalue weighted by Crippen LogP contribution is -2.31. The maximum absolute atomic E-state index is 6.17. The van der Waals surface area contributed by atoms with Crippen molar-refractivity contribution >= 4 is 23.2 Å². The Bertz CT molecular complexity index is 364. The van der Waals surface area contributed by atoms with Crippen molar-refractivity contribution in [2.45, 2.75) is 25.4 Å². The van der Waals surface area contributed by atoms with E-state index in [9.17, 15) is 0 Å². The van der Waals surface area contributed by atoms with Crippen LogP contribution in [0.3, 0.4) is 0 Å². The van der Waals surface area contributed by atoms with Gasteiger partial charge in [-0.3, -0.25) is 0 Å². The molecular weight excluding hydrogens is 245 g/mol. The largest absolute Gasteiger partial charge is 0.380 e. The number of benzene rings is 1. The van der Waals surface area contributed by atoms with Crippen LogP contribution in [0.25, 0.3) is 0 Å². The summed E-state index contributed by atoms with van der Waals surface area (Å²) in [6.07, 6.45) is 1.06. The minimum Gasteiger partial charge on any atom is -0.380 e. The molecule has 1 fully saturated rings. The van der Waals surface area contributed by atoms with Crippen LogP contribution in [0.4, 0.5) is 0 Å². The van der Waals surface area contributed by atoms with Crippen molar-refractivity contribution in [2.75, 3.05) is 13.2 Å². The minimum atomic E-state index is 0.192. The monoisotopic (exact) mass is 259 g/mol. The highest BCUT2D eigenvalue weighted by molar-refractivity contribution is 6.42. The molecule has 1 N–H and O–H groups in total. The standard InChI is InChI=1S/C12H15Cl2NO/c1-8(15-9-5-6-16-7-9)10-3-2-4-11(13)12(10)14/h2-4,8-9,15H,5-7H2,1H3. The highest BCUT2D eigenvalue weighted by Gasteiger charge is 2.19. The van der Waals surface area contributed by atoms with E-state index in [0.29, 0.717) is 16.1 Å². The number of nitrogens with one attached hydrogen (secondary N) is 1. The van der Waals surface area contributed by atoms with E-state index in [1.54, 1.807) is 6.07 Å². The second-order valence-electron chi connectivity index (χ2n) is 4.09. The Balaban J connectivity index is 2.07. The molecule has 16 heavy (non-hydrogen) atoms. The molecule has 1 aliphatic heterocycles. The predicted octanol–water partition coefficient (Wildman–Crippen LogP) is 3.43. The molecular formula is C12H15Cl2NO. The van der Waals surface area contributed by atoms with Gasteiger partial charge in [-0.05, 0) is 25.0 Å². The number of rotatable bonds is 3.